The van der Waals surface area contributed by atoms with Crippen LogP contribution in [0, 0.1) is 10.1 Å². The zero-order chi connectivity index (χ0) is 26.7. The number of rotatable bonds is 7. The summed E-state index contributed by atoms with van der Waals surface area (Å²) in [6, 6.07) is 15.0. The Balaban J connectivity index is 1.93. The van der Waals surface area contributed by atoms with Crippen molar-refractivity contribution in [2.24, 2.45) is 5.10 Å². The molecule has 1 heterocycles. The van der Waals surface area contributed by atoms with E-state index < -0.39 is 22.2 Å². The second-order valence-corrected chi connectivity index (χ2v) is 8.18. The van der Waals surface area contributed by atoms with E-state index in [0.29, 0.717) is 6.42 Å². The molecule has 0 fully saturated rings. The van der Waals surface area contributed by atoms with Crippen LogP contribution in [0.4, 0.5) is 18.9 Å². The maximum atomic E-state index is 13.4. The van der Waals surface area contributed by atoms with E-state index in [1.165, 1.54) is 42.6 Å². The third-order valence-electron chi connectivity index (χ3n) is 5.63. The lowest BCUT2D eigenvalue weighted by Gasteiger charge is -2.15. The molecule has 1 atom stereocenters. The van der Waals surface area contributed by atoms with Crippen LogP contribution in [0.3, 0.4) is 0 Å². The molecule has 0 aliphatic rings. The molecule has 4 rings (SSSR count). The van der Waals surface area contributed by atoms with Gasteiger partial charge in [0.05, 0.1) is 33.7 Å². The molecule has 4 aromatic rings. The molecular formula is C26H21F3N4O4. The molecule has 37 heavy (non-hydrogen) atoms. The van der Waals surface area contributed by atoms with Crippen molar-refractivity contribution in [2.75, 3.05) is 0 Å². The highest BCUT2D eigenvalue weighted by Crippen LogP contribution is 2.33. The van der Waals surface area contributed by atoms with E-state index in [2.05, 4.69) is 10.1 Å². The first-order chi connectivity index (χ1) is 17.6. The number of benzene rings is 3. The Morgan fingerprint density at radius 1 is 1.14 bits per heavy atom. The summed E-state index contributed by atoms with van der Waals surface area (Å²) in [6.07, 6.45) is -3.18. The standard InChI is InChI=1S/C26H21F3N4O4/c1-3-16(2)37-23-18(9-7-13-22(23)33(35)36)15-30-32-24(17-8-6-10-19(14-17)26(27,28)29)31-21-12-5-4-11-20(21)25(32)34/h4-16H,3H2,1-2H3/t16-/m0/s1. The molecule has 0 bridgehead atoms. The van der Waals surface area contributed by atoms with E-state index in [4.69, 9.17) is 4.74 Å². The molecular weight excluding hydrogens is 489 g/mol. The van der Waals surface area contributed by atoms with E-state index >= 15 is 0 Å². The number of fused-ring (bicyclic) bond motifs is 1. The van der Waals surface area contributed by atoms with E-state index in [9.17, 15) is 28.1 Å². The van der Waals surface area contributed by atoms with Crippen molar-refractivity contribution >= 4 is 22.8 Å². The summed E-state index contributed by atoms with van der Waals surface area (Å²) in [4.78, 5) is 28.8. The van der Waals surface area contributed by atoms with Gasteiger partial charge in [0.15, 0.2) is 5.82 Å². The molecule has 0 aliphatic heterocycles. The summed E-state index contributed by atoms with van der Waals surface area (Å²) in [5.41, 5.74) is -1.31. The van der Waals surface area contributed by atoms with E-state index in [1.54, 1.807) is 25.1 Å². The van der Waals surface area contributed by atoms with Gasteiger partial charge in [-0.1, -0.05) is 37.3 Å². The fourth-order valence-electron chi connectivity index (χ4n) is 3.57. The molecule has 0 saturated heterocycles. The third kappa shape index (κ3) is 5.35. The number of aromatic nitrogens is 2. The molecule has 0 saturated carbocycles. The summed E-state index contributed by atoms with van der Waals surface area (Å²) in [6.45, 7) is 3.61. The maximum absolute atomic E-state index is 13.4. The number of ether oxygens (including phenoxy) is 1. The highest BCUT2D eigenvalue weighted by atomic mass is 19.4. The summed E-state index contributed by atoms with van der Waals surface area (Å²) in [5.74, 6) is -0.158. The highest BCUT2D eigenvalue weighted by molar-refractivity contribution is 5.86. The Hall–Kier alpha value is -4.54. The lowest BCUT2D eigenvalue weighted by Crippen LogP contribution is -2.20. The fourth-order valence-corrected chi connectivity index (χ4v) is 3.57. The lowest BCUT2D eigenvalue weighted by atomic mass is 10.1. The molecule has 11 heteroatoms. The Labute approximate surface area is 208 Å². The number of hydrogen-bond donors (Lipinski definition) is 0. The summed E-state index contributed by atoms with van der Waals surface area (Å²) >= 11 is 0. The monoisotopic (exact) mass is 510 g/mol. The van der Waals surface area contributed by atoms with Crippen LogP contribution in [-0.2, 0) is 6.18 Å². The van der Waals surface area contributed by atoms with Crippen molar-refractivity contribution in [1.82, 2.24) is 9.66 Å². The van der Waals surface area contributed by atoms with Gasteiger partial charge in [-0.05, 0) is 43.7 Å². The fraction of sp³-hybridized carbons (Fsp3) is 0.192. The van der Waals surface area contributed by atoms with Crippen LogP contribution in [-0.4, -0.2) is 26.9 Å². The van der Waals surface area contributed by atoms with Crippen LogP contribution < -0.4 is 10.3 Å². The quantitative estimate of drug-likeness (QED) is 0.171. The van der Waals surface area contributed by atoms with Crippen LogP contribution in [0.5, 0.6) is 5.75 Å². The normalized spacial score (nSPS) is 12.7. The number of para-hydroxylation sites is 2. The zero-order valence-electron chi connectivity index (χ0n) is 19.8. The van der Waals surface area contributed by atoms with E-state index in [1.807, 2.05) is 6.92 Å². The molecule has 190 valence electrons. The van der Waals surface area contributed by atoms with Crippen LogP contribution in [0.1, 0.15) is 31.4 Å². The van der Waals surface area contributed by atoms with Gasteiger partial charge in [-0.3, -0.25) is 14.9 Å². The molecule has 8 nitrogen and oxygen atoms in total. The van der Waals surface area contributed by atoms with Gasteiger partial charge >= 0.3 is 11.9 Å². The molecule has 0 aliphatic carbocycles. The minimum Gasteiger partial charge on any atom is -0.483 e. The SMILES string of the molecule is CC[C@H](C)Oc1c(C=Nn2c(-c3cccc(C(F)(F)F)c3)nc3ccccc3c2=O)cccc1[N+](=O)[O-]. The predicted molar refractivity (Wildman–Crippen MR) is 133 cm³/mol. The molecule has 0 unspecified atom stereocenters. The van der Waals surface area contributed by atoms with Gasteiger partial charge in [-0.2, -0.15) is 22.9 Å². The van der Waals surface area contributed by atoms with Crippen LogP contribution >= 0.6 is 0 Å². The second-order valence-electron chi connectivity index (χ2n) is 8.18. The van der Waals surface area contributed by atoms with Gasteiger partial charge in [-0.15, -0.1) is 0 Å². The number of nitro groups is 1. The Morgan fingerprint density at radius 2 is 1.86 bits per heavy atom. The first-order valence-corrected chi connectivity index (χ1v) is 11.3. The predicted octanol–water partition coefficient (Wildman–Crippen LogP) is 6.05. The molecule has 0 N–H and O–H groups in total. The van der Waals surface area contributed by atoms with Crippen LogP contribution in [0.2, 0.25) is 0 Å². The molecule has 3 aromatic carbocycles. The van der Waals surface area contributed by atoms with Gasteiger partial charge in [0.1, 0.15) is 0 Å². The van der Waals surface area contributed by atoms with Gasteiger partial charge in [0, 0.05) is 17.2 Å². The average Bonchev–Trinajstić information content (AvgIpc) is 2.88. The number of halogens is 3. The van der Waals surface area contributed by atoms with Crippen molar-refractivity contribution < 1.29 is 22.8 Å². The number of nitro benzene ring substituents is 1. The van der Waals surface area contributed by atoms with Crippen molar-refractivity contribution in [3.05, 3.63) is 98.3 Å². The Morgan fingerprint density at radius 3 is 2.57 bits per heavy atom. The second kappa shape index (κ2) is 10.2. The average molecular weight is 510 g/mol. The van der Waals surface area contributed by atoms with Gasteiger partial charge < -0.3 is 4.74 Å². The number of hydrogen-bond acceptors (Lipinski definition) is 6. The zero-order valence-corrected chi connectivity index (χ0v) is 19.8. The van der Waals surface area contributed by atoms with Crippen molar-refractivity contribution in [3.63, 3.8) is 0 Å². The first kappa shape index (κ1) is 25.5. The van der Waals surface area contributed by atoms with Crippen molar-refractivity contribution in [1.29, 1.82) is 0 Å². The molecule has 0 amide bonds. The number of alkyl halides is 3. The Kier molecular flexibility index (Phi) is 7.05. The molecule has 1 aromatic heterocycles. The number of nitrogens with zero attached hydrogens (tertiary/aromatic N) is 4. The van der Waals surface area contributed by atoms with Crippen molar-refractivity contribution in [3.8, 4) is 17.1 Å². The summed E-state index contributed by atoms with van der Waals surface area (Å²) < 4.78 is 46.8. The van der Waals surface area contributed by atoms with Gasteiger partial charge in [-0.25, -0.2) is 4.98 Å². The van der Waals surface area contributed by atoms with Gasteiger partial charge in [0.2, 0.25) is 5.75 Å². The van der Waals surface area contributed by atoms with Gasteiger partial charge in [0.25, 0.3) is 5.56 Å². The Bertz CT molecular complexity index is 1560. The van der Waals surface area contributed by atoms with Crippen molar-refractivity contribution in [2.45, 2.75) is 32.5 Å². The lowest BCUT2D eigenvalue weighted by molar-refractivity contribution is -0.386. The topological polar surface area (TPSA) is 99.6 Å². The largest absolute Gasteiger partial charge is 0.483 e. The highest BCUT2D eigenvalue weighted by Gasteiger charge is 2.31. The van der Waals surface area contributed by atoms with Crippen LogP contribution in [0.15, 0.2) is 76.6 Å². The summed E-state index contributed by atoms with van der Waals surface area (Å²) in [7, 11) is 0. The van der Waals surface area contributed by atoms with E-state index in [-0.39, 0.29) is 45.4 Å². The maximum Gasteiger partial charge on any atom is 0.416 e. The first-order valence-electron chi connectivity index (χ1n) is 11.3. The van der Waals surface area contributed by atoms with E-state index in [0.717, 1.165) is 16.8 Å². The minimum absolute atomic E-state index is 0.0185. The smallest absolute Gasteiger partial charge is 0.416 e. The van der Waals surface area contributed by atoms with Crippen LogP contribution in [0.25, 0.3) is 22.3 Å². The molecule has 0 spiro atoms. The third-order valence-corrected chi connectivity index (χ3v) is 5.63. The summed E-state index contributed by atoms with van der Waals surface area (Å²) in [5, 5.41) is 16.0. The molecule has 0 radical (unpaired) electrons. The minimum atomic E-state index is -4.60.